The molecule has 0 radical (unpaired) electrons. The molecule has 0 N–H and O–H groups in total. The number of rotatable bonds is 9. The van der Waals surface area contributed by atoms with Crippen LogP contribution < -0.4 is 26.2 Å². The number of nitriles is 1. The quantitative estimate of drug-likeness (QED) is 0.135. The number of aromatic nitrogens is 2. The van der Waals surface area contributed by atoms with Crippen molar-refractivity contribution in [3.8, 4) is 73.1 Å². The summed E-state index contributed by atoms with van der Waals surface area (Å²) in [5.41, 5.74) is 22.2. The lowest BCUT2D eigenvalue weighted by Crippen LogP contribution is -2.61. The summed E-state index contributed by atoms with van der Waals surface area (Å²) in [5.74, 6) is 0. The van der Waals surface area contributed by atoms with Crippen molar-refractivity contribution in [1.29, 1.82) is 5.26 Å². The van der Waals surface area contributed by atoms with E-state index in [-0.39, 0.29) is 57.0 Å². The Bertz CT molecular complexity index is 6770. The maximum Gasteiger partial charge on any atom is 0.252 e. The molecule has 0 atom stereocenters. The molecule has 0 spiro atoms. The first kappa shape index (κ1) is 56.3. The lowest BCUT2D eigenvalue weighted by Gasteiger charge is -2.45. The minimum Gasteiger partial charge on any atom is -0.311 e. The van der Waals surface area contributed by atoms with Gasteiger partial charge >= 0.3 is 0 Å². The fraction of sp³-hybridized carbons (Fsp3) is 0.158. The van der Waals surface area contributed by atoms with Crippen LogP contribution >= 0.6 is 0 Å². The molecule has 0 fully saturated rings. The van der Waals surface area contributed by atoms with E-state index in [1.54, 1.807) is 6.07 Å². The first-order chi connectivity index (χ1) is 55.7. The topological polar surface area (TPSA) is 40.1 Å². The van der Waals surface area contributed by atoms with Crippen LogP contribution in [-0.4, -0.2) is 15.8 Å². The Morgan fingerprint density at radius 1 is 0.299 bits per heavy atom. The van der Waals surface area contributed by atoms with Crippen molar-refractivity contribution in [3.05, 3.63) is 331 Å². The molecular formula is C101H86BN5. The maximum atomic E-state index is 12.6. The third kappa shape index (κ3) is 11.3. The van der Waals surface area contributed by atoms with Crippen molar-refractivity contribution in [1.82, 2.24) is 9.13 Å². The van der Waals surface area contributed by atoms with Crippen LogP contribution in [0, 0.1) is 11.3 Å². The minimum absolute atomic E-state index is 0.0337. The highest BCUT2D eigenvalue weighted by atomic mass is 15.2. The average molecular weight is 1390 g/mol. The molecule has 2 aliphatic heterocycles. The third-order valence-corrected chi connectivity index (χ3v) is 22.1. The summed E-state index contributed by atoms with van der Waals surface area (Å²) in [5, 5.41) is 17.0. The smallest absolute Gasteiger partial charge is 0.252 e. The van der Waals surface area contributed by atoms with Crippen LogP contribution in [-0.2, 0) is 21.7 Å². The SMILES string of the molecule is [2H]c1c([2H])c([2H])c(-c2ccc3c(c2)N(c2cc(-c4ccccc4)cc(-c4ccccc4-c4c([2H])c([2H])c([2H])c([2H])c4[2H])c2)c2cc(-c4cc(C(C)(C)C)cc(C(C)(C)C)c4)cc4c2B3c2ccc(-n3c5ccc(C(C)(C)C)cc5c5cc(C(C)(C)C)ccc53)cc2N4c2cccc(-n3c4ccccc4c4ccccc43)c2C#N)c([2H])c1[2H]. The molecule has 0 saturated heterocycles. The first-order valence-corrected chi connectivity index (χ1v) is 37.0. The van der Waals surface area contributed by atoms with Crippen LogP contribution in [0.5, 0.6) is 0 Å². The molecule has 0 aliphatic carbocycles. The van der Waals surface area contributed by atoms with Gasteiger partial charge in [0, 0.05) is 55.7 Å². The summed E-state index contributed by atoms with van der Waals surface area (Å²) in [6, 6.07) is 83.4. The number of fused-ring (bicyclic) bond motifs is 10. The van der Waals surface area contributed by atoms with Crippen molar-refractivity contribution < 1.29 is 13.7 Å². The monoisotopic (exact) mass is 1390 g/mol. The first-order valence-electron chi connectivity index (χ1n) is 42.0. The predicted octanol–water partition coefficient (Wildman–Crippen LogP) is 25.4. The van der Waals surface area contributed by atoms with Crippen molar-refractivity contribution in [2.45, 2.75) is 105 Å². The Kier molecular flexibility index (Phi) is 13.1. The van der Waals surface area contributed by atoms with E-state index in [1.807, 2.05) is 72.8 Å². The van der Waals surface area contributed by atoms with Crippen molar-refractivity contribution >= 4 is 101 Å². The number of nitrogens with zero attached hydrogens (tertiary/aromatic N) is 5. The van der Waals surface area contributed by atoms with Gasteiger partial charge < -0.3 is 18.9 Å². The summed E-state index contributed by atoms with van der Waals surface area (Å²) in [6.45, 7) is 26.4. The largest absolute Gasteiger partial charge is 0.311 e. The molecule has 2 aromatic heterocycles. The van der Waals surface area contributed by atoms with Crippen molar-refractivity contribution in [2.24, 2.45) is 0 Å². The molecule has 18 rings (SSSR count). The van der Waals surface area contributed by atoms with Crippen LogP contribution in [0.3, 0.4) is 0 Å². The fourth-order valence-electron chi connectivity index (χ4n) is 16.5. The lowest BCUT2D eigenvalue weighted by molar-refractivity contribution is 0.569. The summed E-state index contributed by atoms with van der Waals surface area (Å²) in [6.07, 6.45) is 0. The Labute approximate surface area is 644 Å². The van der Waals surface area contributed by atoms with Gasteiger partial charge in [-0.05, 0) is 213 Å². The second kappa shape index (κ2) is 25.0. The van der Waals surface area contributed by atoms with E-state index in [0.717, 1.165) is 116 Å². The third-order valence-electron chi connectivity index (χ3n) is 22.1. The van der Waals surface area contributed by atoms with Gasteiger partial charge in [0.25, 0.3) is 6.71 Å². The van der Waals surface area contributed by atoms with Crippen LogP contribution in [0.2, 0.25) is 0 Å². The van der Waals surface area contributed by atoms with Gasteiger partial charge in [0.2, 0.25) is 0 Å². The van der Waals surface area contributed by atoms with E-state index in [2.05, 4.69) is 272 Å². The maximum absolute atomic E-state index is 12.6. The van der Waals surface area contributed by atoms with Crippen LogP contribution in [0.4, 0.5) is 34.1 Å². The number of hydrogen-bond donors (Lipinski definition) is 0. The normalized spacial score (nSPS) is 14.3. The highest BCUT2D eigenvalue weighted by Crippen LogP contribution is 2.52. The van der Waals surface area contributed by atoms with Crippen molar-refractivity contribution in [2.75, 3.05) is 9.80 Å². The Morgan fingerprint density at radius 2 is 0.776 bits per heavy atom. The molecule has 0 amide bonds. The average Bonchev–Trinajstić information content (AvgIpc) is 0.975. The second-order valence-electron chi connectivity index (χ2n) is 33.0. The van der Waals surface area contributed by atoms with Gasteiger partial charge in [-0.1, -0.05) is 289 Å². The number of hydrogen-bond acceptors (Lipinski definition) is 3. The zero-order valence-electron chi connectivity index (χ0n) is 72.4. The second-order valence-corrected chi connectivity index (χ2v) is 33.0. The van der Waals surface area contributed by atoms with Crippen LogP contribution in [0.15, 0.2) is 303 Å². The van der Waals surface area contributed by atoms with E-state index in [9.17, 15) is 10.7 Å². The Hall–Kier alpha value is -12.2. The van der Waals surface area contributed by atoms with Gasteiger partial charge in [0.15, 0.2) is 0 Å². The molecule has 16 aromatic rings. The fourth-order valence-corrected chi connectivity index (χ4v) is 16.5. The zero-order chi connectivity index (χ0) is 82.3. The molecule has 4 heterocycles. The summed E-state index contributed by atoms with van der Waals surface area (Å²) < 4.78 is 96.6. The Morgan fingerprint density at radius 3 is 1.36 bits per heavy atom. The van der Waals surface area contributed by atoms with Gasteiger partial charge in [0.1, 0.15) is 11.6 Å². The number of benzene rings is 14. The van der Waals surface area contributed by atoms with E-state index < -0.39 is 43.0 Å². The summed E-state index contributed by atoms with van der Waals surface area (Å²) >= 11 is 0. The van der Waals surface area contributed by atoms with Crippen LogP contribution in [0.25, 0.3) is 111 Å². The molecule has 0 saturated carbocycles. The van der Waals surface area contributed by atoms with E-state index >= 15 is 0 Å². The minimum atomic E-state index is -0.606. The Balaban J connectivity index is 1.02. The zero-order valence-corrected chi connectivity index (χ0v) is 62.4. The molecule has 0 unspecified atom stereocenters. The molecule has 5 nitrogen and oxygen atoms in total. The van der Waals surface area contributed by atoms with Gasteiger partial charge in [-0.3, -0.25) is 0 Å². The molecule has 14 aromatic carbocycles. The summed E-state index contributed by atoms with van der Waals surface area (Å²) in [7, 11) is 0. The molecule has 518 valence electrons. The van der Waals surface area contributed by atoms with Gasteiger partial charge in [-0.2, -0.15) is 5.26 Å². The lowest BCUT2D eigenvalue weighted by atomic mass is 9.33. The molecular weight excluding hydrogens is 1290 g/mol. The molecule has 6 heteroatoms. The number of anilines is 6. The van der Waals surface area contributed by atoms with E-state index in [1.165, 1.54) is 11.1 Å². The van der Waals surface area contributed by atoms with Crippen molar-refractivity contribution in [3.63, 3.8) is 0 Å². The molecule has 107 heavy (non-hydrogen) atoms. The summed E-state index contributed by atoms with van der Waals surface area (Å²) in [4.78, 5) is 4.59. The van der Waals surface area contributed by atoms with Gasteiger partial charge in [-0.15, -0.1) is 0 Å². The van der Waals surface area contributed by atoms with E-state index in [4.69, 9.17) is 8.22 Å². The number of para-hydroxylation sites is 2. The molecule has 2 aliphatic rings. The predicted molar refractivity (Wildman–Crippen MR) is 456 cm³/mol. The standard InChI is InChI=1S/C101H86BN5/c1-98(2,3)72-44-49-91-82(60-72)83-61-73(99(4,5)6)45-50-92(83)104(91)76-46-48-86-94(62-76)107(90-42-28-41-89(84(90)63-103)106-87-39-26-24-37-80(87)81-38-25-27-40-88(81)106)96-58-70(69-52-74(100(7,8)9)59-75(53-69)101(10,11)12)57-95-97(96)102(86)85-47-43-67(64-29-16-13-17-30-64)56-93(85)105(95)77-54-68(65-31-18-14-19-32-65)51-71(55-77)79-36-23-22-35-78(79)66-33-20-15-21-34-66/h13-62H,1-12H3/i13D,15D,16D,17D,20D,21D,29D,30D,33D,34D. The highest BCUT2D eigenvalue weighted by molar-refractivity contribution is 7.00. The van der Waals surface area contributed by atoms with E-state index in [0.29, 0.717) is 50.6 Å². The van der Waals surface area contributed by atoms with Crippen LogP contribution in [0.1, 0.15) is 125 Å². The highest BCUT2D eigenvalue weighted by Gasteiger charge is 2.45. The van der Waals surface area contributed by atoms with Gasteiger partial charge in [-0.25, -0.2) is 0 Å². The molecule has 0 bridgehead atoms. The van der Waals surface area contributed by atoms with Gasteiger partial charge in [0.05, 0.1) is 47.1 Å².